The molecule has 114 valence electrons. The summed E-state index contributed by atoms with van der Waals surface area (Å²) in [5.41, 5.74) is 1.97. The van der Waals surface area contributed by atoms with Crippen LogP contribution in [-0.2, 0) is 11.2 Å². The molecule has 0 saturated heterocycles. The number of benzene rings is 1. The Balaban J connectivity index is 2.51. The first-order valence-electron chi connectivity index (χ1n) is 6.87. The van der Waals surface area contributed by atoms with Crippen LogP contribution in [0.3, 0.4) is 0 Å². The number of rotatable bonds is 9. The lowest BCUT2D eigenvalue weighted by molar-refractivity contribution is 0.0144. The van der Waals surface area contributed by atoms with Gasteiger partial charge in [-0.1, -0.05) is 13.0 Å². The maximum atomic E-state index is 13.3. The number of ether oxygens (including phenoxy) is 1. The van der Waals surface area contributed by atoms with Crippen molar-refractivity contribution in [3.63, 3.8) is 0 Å². The van der Waals surface area contributed by atoms with Gasteiger partial charge in [-0.25, -0.2) is 13.2 Å². The largest absolute Gasteiger partial charge is 0.375 e. The highest BCUT2D eigenvalue weighted by molar-refractivity contribution is 5.27. The summed E-state index contributed by atoms with van der Waals surface area (Å²) in [4.78, 5) is 0. The molecule has 1 atom stereocenters. The van der Waals surface area contributed by atoms with Crippen LogP contribution in [0, 0.1) is 12.7 Å². The molecule has 0 bridgehead atoms. The van der Waals surface area contributed by atoms with Crippen LogP contribution in [0.15, 0.2) is 18.2 Å². The van der Waals surface area contributed by atoms with Gasteiger partial charge in [0.25, 0.3) is 6.43 Å². The normalized spacial score (nSPS) is 12.9. The van der Waals surface area contributed by atoms with Crippen LogP contribution in [-0.4, -0.2) is 32.2 Å². The molecule has 0 radical (unpaired) electrons. The van der Waals surface area contributed by atoms with Gasteiger partial charge in [0.2, 0.25) is 0 Å². The van der Waals surface area contributed by atoms with Crippen LogP contribution in [0.5, 0.6) is 0 Å². The average Bonchev–Trinajstić information content (AvgIpc) is 2.39. The van der Waals surface area contributed by atoms with Crippen LogP contribution in [0.1, 0.15) is 24.5 Å². The summed E-state index contributed by atoms with van der Waals surface area (Å²) in [7, 11) is 0. The first-order valence-corrected chi connectivity index (χ1v) is 6.87. The maximum Gasteiger partial charge on any atom is 0.261 e. The van der Waals surface area contributed by atoms with Crippen LogP contribution in [0.25, 0.3) is 0 Å². The van der Waals surface area contributed by atoms with Gasteiger partial charge in [-0.2, -0.15) is 0 Å². The van der Waals surface area contributed by atoms with Gasteiger partial charge < -0.3 is 10.1 Å². The fraction of sp³-hybridized carbons (Fsp3) is 0.600. The third-order valence-electron chi connectivity index (χ3n) is 3.12. The monoisotopic (exact) mass is 289 g/mol. The van der Waals surface area contributed by atoms with E-state index in [4.69, 9.17) is 4.74 Å². The molecule has 2 nitrogen and oxygen atoms in total. The average molecular weight is 289 g/mol. The molecule has 1 aromatic carbocycles. The van der Waals surface area contributed by atoms with Crippen molar-refractivity contribution in [2.24, 2.45) is 0 Å². The van der Waals surface area contributed by atoms with E-state index < -0.39 is 13.0 Å². The van der Waals surface area contributed by atoms with Gasteiger partial charge in [-0.3, -0.25) is 0 Å². The summed E-state index contributed by atoms with van der Waals surface area (Å²) < 4.78 is 42.1. The minimum absolute atomic E-state index is 0.0955. The Labute approximate surface area is 118 Å². The Morgan fingerprint density at radius 3 is 2.70 bits per heavy atom. The first kappa shape index (κ1) is 17.0. The summed E-state index contributed by atoms with van der Waals surface area (Å²) in [6.45, 7) is 4.43. The fourth-order valence-corrected chi connectivity index (χ4v) is 2.09. The lowest BCUT2D eigenvalue weighted by atomic mass is 9.99. The zero-order valence-electron chi connectivity index (χ0n) is 12.0. The fourth-order valence-electron chi connectivity index (χ4n) is 2.09. The Morgan fingerprint density at radius 2 is 2.05 bits per heavy atom. The zero-order chi connectivity index (χ0) is 15.0. The van der Waals surface area contributed by atoms with Crippen molar-refractivity contribution in [2.45, 2.75) is 39.2 Å². The molecular weight excluding hydrogens is 267 g/mol. The highest BCUT2D eigenvalue weighted by atomic mass is 19.3. The third kappa shape index (κ3) is 6.39. The van der Waals surface area contributed by atoms with Crippen molar-refractivity contribution < 1.29 is 17.9 Å². The van der Waals surface area contributed by atoms with Crippen molar-refractivity contribution in [2.75, 3.05) is 19.8 Å². The topological polar surface area (TPSA) is 21.3 Å². The SMILES string of the molecule is CCNC(CCOCC(F)F)Cc1cc(F)ccc1C. The van der Waals surface area contributed by atoms with E-state index in [1.807, 2.05) is 13.8 Å². The summed E-state index contributed by atoms with van der Waals surface area (Å²) in [5.74, 6) is -0.255. The predicted octanol–water partition coefficient (Wildman–Crippen LogP) is 3.33. The molecule has 0 aromatic heterocycles. The van der Waals surface area contributed by atoms with Gasteiger partial charge in [0.15, 0.2) is 0 Å². The lowest BCUT2D eigenvalue weighted by Gasteiger charge is -2.19. The van der Waals surface area contributed by atoms with Gasteiger partial charge in [0.05, 0.1) is 0 Å². The highest BCUT2D eigenvalue weighted by Gasteiger charge is 2.11. The van der Waals surface area contributed by atoms with Crippen molar-refractivity contribution >= 4 is 0 Å². The van der Waals surface area contributed by atoms with Crippen LogP contribution >= 0.6 is 0 Å². The van der Waals surface area contributed by atoms with Gasteiger partial charge in [0.1, 0.15) is 12.4 Å². The number of nitrogens with one attached hydrogen (secondary N) is 1. The molecule has 0 aliphatic heterocycles. The Kier molecular flexibility index (Phi) is 7.62. The van der Waals surface area contributed by atoms with Gasteiger partial charge in [-0.15, -0.1) is 0 Å². The molecule has 20 heavy (non-hydrogen) atoms. The van der Waals surface area contributed by atoms with Crippen LogP contribution in [0.2, 0.25) is 0 Å². The van der Waals surface area contributed by atoms with Crippen LogP contribution < -0.4 is 5.32 Å². The standard InChI is InChI=1S/C15H22F3NO/c1-3-19-14(6-7-20-10-15(17)18)9-12-8-13(16)5-4-11(12)2/h4-5,8,14-15,19H,3,6-7,9-10H2,1-2H3. The summed E-state index contributed by atoms with van der Waals surface area (Å²) in [6.07, 6.45) is -1.15. The Bertz CT molecular complexity index is 399. The first-order chi connectivity index (χ1) is 9.52. The number of likely N-dealkylation sites (N-methyl/N-ethyl adjacent to an activating group) is 1. The number of aryl methyl sites for hydroxylation is 1. The number of alkyl halides is 2. The molecule has 0 fully saturated rings. The van der Waals surface area contributed by atoms with Gasteiger partial charge in [0, 0.05) is 12.6 Å². The lowest BCUT2D eigenvalue weighted by Crippen LogP contribution is -2.32. The molecule has 5 heteroatoms. The van der Waals surface area contributed by atoms with E-state index in [0.29, 0.717) is 12.8 Å². The molecule has 1 N–H and O–H groups in total. The molecular formula is C15H22F3NO. The number of hydrogen-bond acceptors (Lipinski definition) is 2. The van der Waals surface area contributed by atoms with E-state index >= 15 is 0 Å². The third-order valence-corrected chi connectivity index (χ3v) is 3.12. The Morgan fingerprint density at radius 1 is 1.30 bits per heavy atom. The van der Waals surface area contributed by atoms with Gasteiger partial charge in [-0.05, 0) is 49.6 Å². The second kappa shape index (κ2) is 8.97. The molecule has 1 rings (SSSR count). The summed E-state index contributed by atoms with van der Waals surface area (Å²) in [5, 5.41) is 3.28. The van der Waals surface area contributed by atoms with Crippen molar-refractivity contribution in [3.8, 4) is 0 Å². The van der Waals surface area contributed by atoms with Crippen molar-refractivity contribution in [3.05, 3.63) is 35.1 Å². The van der Waals surface area contributed by atoms with E-state index in [-0.39, 0.29) is 18.5 Å². The minimum Gasteiger partial charge on any atom is -0.375 e. The smallest absolute Gasteiger partial charge is 0.261 e. The second-order valence-corrected chi connectivity index (χ2v) is 4.78. The molecule has 0 heterocycles. The van der Waals surface area contributed by atoms with E-state index in [1.54, 1.807) is 6.07 Å². The number of hydrogen-bond donors (Lipinski definition) is 1. The van der Waals surface area contributed by atoms with E-state index in [2.05, 4.69) is 5.32 Å². The molecule has 0 amide bonds. The minimum atomic E-state index is -2.43. The Hall–Kier alpha value is -1.07. The molecule has 0 aliphatic rings. The van der Waals surface area contributed by atoms with E-state index in [1.165, 1.54) is 12.1 Å². The second-order valence-electron chi connectivity index (χ2n) is 4.78. The molecule has 0 aliphatic carbocycles. The van der Waals surface area contributed by atoms with E-state index in [0.717, 1.165) is 17.7 Å². The van der Waals surface area contributed by atoms with Crippen LogP contribution in [0.4, 0.5) is 13.2 Å². The van der Waals surface area contributed by atoms with Crippen molar-refractivity contribution in [1.29, 1.82) is 0 Å². The molecule has 0 spiro atoms. The molecule has 0 saturated carbocycles. The zero-order valence-corrected chi connectivity index (χ0v) is 12.0. The number of halogens is 3. The predicted molar refractivity (Wildman–Crippen MR) is 73.7 cm³/mol. The summed E-state index contributed by atoms with van der Waals surface area (Å²) >= 11 is 0. The molecule has 1 unspecified atom stereocenters. The van der Waals surface area contributed by atoms with Gasteiger partial charge >= 0.3 is 0 Å². The highest BCUT2D eigenvalue weighted by Crippen LogP contribution is 2.14. The summed E-state index contributed by atoms with van der Waals surface area (Å²) in [6, 6.07) is 4.81. The maximum absolute atomic E-state index is 13.3. The van der Waals surface area contributed by atoms with Crippen molar-refractivity contribution in [1.82, 2.24) is 5.32 Å². The quantitative estimate of drug-likeness (QED) is 0.704. The van der Waals surface area contributed by atoms with E-state index in [9.17, 15) is 13.2 Å². The molecule has 1 aromatic rings.